The Morgan fingerprint density at radius 2 is 1.75 bits per heavy atom. The Hall–Kier alpha value is -2.07. The van der Waals surface area contributed by atoms with E-state index in [-0.39, 0.29) is 16.9 Å². The number of aryl methyl sites for hydroxylation is 1. The van der Waals surface area contributed by atoms with Gasteiger partial charge in [-0.05, 0) is 38.3 Å². The summed E-state index contributed by atoms with van der Waals surface area (Å²) in [5, 5.41) is 3.29. The van der Waals surface area contributed by atoms with Gasteiger partial charge in [0, 0.05) is 24.0 Å². The monoisotopic (exact) mass is 402 g/mol. The SMILES string of the molecule is CCCCCc1c(C(=O)Nc2ccccc2Cl)c(=O)cc(C)n1CCCCC. The van der Waals surface area contributed by atoms with Gasteiger partial charge in [0.2, 0.25) is 0 Å². The second kappa shape index (κ2) is 11.1. The third-order valence-electron chi connectivity index (χ3n) is 4.98. The molecule has 1 aromatic heterocycles. The van der Waals surface area contributed by atoms with E-state index in [0.29, 0.717) is 10.7 Å². The van der Waals surface area contributed by atoms with E-state index in [9.17, 15) is 9.59 Å². The van der Waals surface area contributed by atoms with Crippen LogP contribution >= 0.6 is 11.6 Å². The quantitative estimate of drug-likeness (QED) is 0.496. The van der Waals surface area contributed by atoms with Gasteiger partial charge in [-0.25, -0.2) is 0 Å². The van der Waals surface area contributed by atoms with Crippen molar-refractivity contribution in [3.8, 4) is 0 Å². The van der Waals surface area contributed by atoms with Gasteiger partial charge in [-0.3, -0.25) is 9.59 Å². The first kappa shape index (κ1) is 22.2. The van der Waals surface area contributed by atoms with Crippen LogP contribution in [-0.4, -0.2) is 10.5 Å². The van der Waals surface area contributed by atoms with Gasteiger partial charge >= 0.3 is 0 Å². The standard InChI is InChI=1S/C23H31ClN2O2/c1-4-6-8-14-20-22(23(28)25-19-13-10-9-12-18(19)24)21(27)16-17(3)26(20)15-11-7-5-2/h9-10,12-13,16H,4-8,11,14-15H2,1-3H3,(H,25,28). The molecule has 0 saturated heterocycles. The molecule has 0 fully saturated rings. The van der Waals surface area contributed by atoms with Gasteiger partial charge in [0.1, 0.15) is 5.56 Å². The van der Waals surface area contributed by atoms with Crippen molar-refractivity contribution in [3.05, 3.63) is 62.5 Å². The number of unbranched alkanes of at least 4 members (excludes halogenated alkanes) is 4. The minimum Gasteiger partial charge on any atom is -0.348 e. The Morgan fingerprint density at radius 1 is 1.07 bits per heavy atom. The molecule has 1 N–H and O–H groups in total. The number of para-hydroxylation sites is 1. The van der Waals surface area contributed by atoms with Crippen molar-refractivity contribution in [1.82, 2.24) is 4.57 Å². The fourth-order valence-corrected chi connectivity index (χ4v) is 3.64. The lowest BCUT2D eigenvalue weighted by Crippen LogP contribution is -2.28. The Balaban J connectivity index is 2.44. The minimum absolute atomic E-state index is 0.222. The smallest absolute Gasteiger partial charge is 0.261 e. The third kappa shape index (κ3) is 5.71. The molecular weight excluding hydrogens is 372 g/mol. The number of nitrogens with zero attached hydrogens (tertiary/aromatic N) is 1. The van der Waals surface area contributed by atoms with Crippen LogP contribution < -0.4 is 10.7 Å². The summed E-state index contributed by atoms with van der Waals surface area (Å²) in [6, 6.07) is 8.65. The van der Waals surface area contributed by atoms with Gasteiger partial charge in [0.15, 0.2) is 5.43 Å². The van der Waals surface area contributed by atoms with Crippen LogP contribution in [-0.2, 0) is 13.0 Å². The van der Waals surface area contributed by atoms with Crippen molar-refractivity contribution >= 4 is 23.2 Å². The largest absolute Gasteiger partial charge is 0.348 e. The van der Waals surface area contributed by atoms with Gasteiger partial charge < -0.3 is 9.88 Å². The Kier molecular flexibility index (Phi) is 8.78. The highest BCUT2D eigenvalue weighted by Crippen LogP contribution is 2.22. The minimum atomic E-state index is -0.381. The summed E-state index contributed by atoms with van der Waals surface area (Å²) >= 11 is 6.18. The molecule has 4 nitrogen and oxygen atoms in total. The lowest BCUT2D eigenvalue weighted by Gasteiger charge is -2.20. The first-order valence-corrected chi connectivity index (χ1v) is 10.7. The summed E-state index contributed by atoms with van der Waals surface area (Å²) in [5.41, 5.74) is 2.31. The molecule has 2 aromatic rings. The normalized spacial score (nSPS) is 10.9. The van der Waals surface area contributed by atoms with Gasteiger partial charge in [0.25, 0.3) is 5.91 Å². The van der Waals surface area contributed by atoms with Crippen LogP contribution in [0.25, 0.3) is 0 Å². The second-order valence-corrected chi connectivity index (χ2v) is 7.63. The average Bonchev–Trinajstić information content (AvgIpc) is 2.66. The highest BCUT2D eigenvalue weighted by Gasteiger charge is 2.20. The molecule has 1 aromatic carbocycles. The Bertz CT molecular complexity index is 858. The van der Waals surface area contributed by atoms with Crippen molar-refractivity contribution in [3.63, 3.8) is 0 Å². The number of hydrogen-bond donors (Lipinski definition) is 1. The predicted molar refractivity (Wildman–Crippen MR) is 118 cm³/mol. The third-order valence-corrected chi connectivity index (χ3v) is 5.31. The molecule has 0 unspecified atom stereocenters. The maximum absolute atomic E-state index is 13.1. The number of anilines is 1. The fraction of sp³-hybridized carbons (Fsp3) is 0.478. The number of rotatable bonds is 10. The van der Waals surface area contributed by atoms with Crippen LogP contribution in [0.4, 0.5) is 5.69 Å². The van der Waals surface area contributed by atoms with Crippen LogP contribution in [0.5, 0.6) is 0 Å². The second-order valence-electron chi connectivity index (χ2n) is 7.22. The van der Waals surface area contributed by atoms with E-state index >= 15 is 0 Å². The van der Waals surface area contributed by atoms with Gasteiger partial charge in [-0.15, -0.1) is 0 Å². The van der Waals surface area contributed by atoms with Crippen molar-refractivity contribution in [2.75, 3.05) is 5.32 Å². The topological polar surface area (TPSA) is 51.1 Å². The zero-order valence-electron chi connectivity index (χ0n) is 17.2. The molecule has 0 spiro atoms. The number of benzene rings is 1. The van der Waals surface area contributed by atoms with Gasteiger partial charge in [0.05, 0.1) is 10.7 Å². The molecule has 0 aliphatic carbocycles. The first-order chi connectivity index (χ1) is 13.5. The van der Waals surface area contributed by atoms with Gasteiger partial charge in [-0.1, -0.05) is 63.3 Å². The molecule has 0 radical (unpaired) electrons. The molecule has 1 amide bonds. The maximum Gasteiger partial charge on any atom is 0.261 e. The molecule has 2 rings (SSSR count). The number of carbonyl (C=O) groups is 1. The van der Waals surface area contributed by atoms with Crippen LogP contribution in [0.2, 0.25) is 5.02 Å². The number of pyridine rings is 1. The number of amides is 1. The Morgan fingerprint density at radius 3 is 2.43 bits per heavy atom. The summed E-state index contributed by atoms with van der Waals surface area (Å²) in [6.45, 7) is 7.10. The summed E-state index contributed by atoms with van der Waals surface area (Å²) < 4.78 is 2.16. The van der Waals surface area contributed by atoms with Gasteiger partial charge in [-0.2, -0.15) is 0 Å². The number of carbonyl (C=O) groups excluding carboxylic acids is 1. The molecule has 0 aliphatic heterocycles. The lowest BCUT2D eigenvalue weighted by molar-refractivity contribution is 0.102. The average molecular weight is 403 g/mol. The predicted octanol–water partition coefficient (Wildman–Crippen LogP) is 5.99. The molecule has 5 heteroatoms. The van der Waals surface area contributed by atoms with E-state index in [1.54, 1.807) is 24.3 Å². The number of aromatic nitrogens is 1. The first-order valence-electron chi connectivity index (χ1n) is 10.3. The number of halogens is 1. The fourth-order valence-electron chi connectivity index (χ4n) is 3.45. The highest BCUT2D eigenvalue weighted by molar-refractivity contribution is 6.33. The molecular formula is C23H31ClN2O2. The summed E-state index contributed by atoms with van der Waals surface area (Å²) in [7, 11) is 0. The molecule has 0 aliphatic rings. The molecule has 0 bridgehead atoms. The maximum atomic E-state index is 13.1. The van der Waals surface area contributed by atoms with Crippen molar-refractivity contribution in [1.29, 1.82) is 0 Å². The van der Waals surface area contributed by atoms with Crippen molar-refractivity contribution in [2.45, 2.75) is 72.3 Å². The van der Waals surface area contributed by atoms with Crippen LogP contribution in [0.1, 0.15) is 74.1 Å². The zero-order chi connectivity index (χ0) is 20.5. The van der Waals surface area contributed by atoms with E-state index < -0.39 is 0 Å². The Labute approximate surface area is 172 Å². The molecule has 0 atom stereocenters. The molecule has 28 heavy (non-hydrogen) atoms. The van der Waals surface area contributed by atoms with Crippen LogP contribution in [0.3, 0.4) is 0 Å². The number of hydrogen-bond acceptors (Lipinski definition) is 2. The van der Waals surface area contributed by atoms with Crippen LogP contribution in [0, 0.1) is 6.92 Å². The van der Waals surface area contributed by atoms with E-state index in [4.69, 9.17) is 11.6 Å². The van der Waals surface area contributed by atoms with Crippen molar-refractivity contribution in [2.24, 2.45) is 0 Å². The van der Waals surface area contributed by atoms with E-state index in [1.165, 1.54) is 0 Å². The summed E-state index contributed by atoms with van der Waals surface area (Å²) in [6.07, 6.45) is 7.13. The van der Waals surface area contributed by atoms with Crippen LogP contribution in [0.15, 0.2) is 35.1 Å². The summed E-state index contributed by atoms with van der Waals surface area (Å²) in [4.78, 5) is 25.8. The number of nitrogens with one attached hydrogen (secondary N) is 1. The molecule has 152 valence electrons. The lowest BCUT2D eigenvalue weighted by atomic mass is 10.0. The van der Waals surface area contributed by atoms with Crippen molar-refractivity contribution < 1.29 is 4.79 Å². The van der Waals surface area contributed by atoms with E-state index in [1.807, 2.05) is 13.0 Å². The highest BCUT2D eigenvalue weighted by atomic mass is 35.5. The molecule has 0 saturated carbocycles. The van der Waals surface area contributed by atoms with E-state index in [2.05, 4.69) is 23.7 Å². The zero-order valence-corrected chi connectivity index (χ0v) is 17.9. The summed E-state index contributed by atoms with van der Waals surface area (Å²) in [5.74, 6) is -0.381. The molecule has 1 heterocycles. The van der Waals surface area contributed by atoms with E-state index in [0.717, 1.165) is 62.9 Å².